The Morgan fingerprint density at radius 1 is 1.42 bits per heavy atom. The Hall–Kier alpha value is -1.34. The van der Waals surface area contributed by atoms with Crippen molar-refractivity contribution in [3.8, 4) is 0 Å². The van der Waals surface area contributed by atoms with Gasteiger partial charge in [0.05, 0.1) is 6.26 Å². The third-order valence-electron chi connectivity index (χ3n) is 4.90. The summed E-state index contributed by atoms with van der Waals surface area (Å²) >= 11 is 0. The van der Waals surface area contributed by atoms with Crippen LogP contribution in [-0.2, 0) is 21.2 Å². The molecule has 0 unspecified atom stereocenters. The molecule has 0 bridgehead atoms. The minimum atomic E-state index is -3.24. The molecule has 1 aromatic rings. The van der Waals surface area contributed by atoms with Crippen molar-refractivity contribution in [1.29, 1.82) is 0 Å². The van der Waals surface area contributed by atoms with Crippen molar-refractivity contribution in [2.24, 2.45) is 5.92 Å². The second-order valence-corrected chi connectivity index (χ2v) is 8.97. The van der Waals surface area contributed by atoms with Gasteiger partial charge in [-0.05, 0) is 37.3 Å². The van der Waals surface area contributed by atoms with Crippen LogP contribution in [0.25, 0.3) is 0 Å². The van der Waals surface area contributed by atoms with Crippen LogP contribution in [0.4, 0.5) is 0 Å². The van der Waals surface area contributed by atoms with E-state index >= 15 is 0 Å². The minimum Gasteiger partial charge on any atom is -0.466 e. The molecule has 6 nitrogen and oxygen atoms in total. The van der Waals surface area contributed by atoms with Crippen molar-refractivity contribution >= 4 is 15.9 Å². The van der Waals surface area contributed by atoms with Crippen molar-refractivity contribution in [2.75, 3.05) is 19.3 Å². The van der Waals surface area contributed by atoms with Crippen molar-refractivity contribution in [3.63, 3.8) is 0 Å². The SMILES string of the molecule is C[C@@H]1C[C@@H]1c1ccc(CCC(=O)N2CCC[C@H](NS(C)(=O)=O)C2)o1. The van der Waals surface area contributed by atoms with Crippen molar-refractivity contribution in [1.82, 2.24) is 9.62 Å². The van der Waals surface area contributed by atoms with Gasteiger partial charge in [-0.25, -0.2) is 13.1 Å². The van der Waals surface area contributed by atoms with Crippen molar-refractivity contribution < 1.29 is 17.6 Å². The fourth-order valence-corrected chi connectivity index (χ4v) is 4.24. The first-order valence-corrected chi connectivity index (χ1v) is 10.5. The topological polar surface area (TPSA) is 79.6 Å². The monoisotopic (exact) mass is 354 g/mol. The van der Waals surface area contributed by atoms with E-state index in [1.807, 2.05) is 12.1 Å². The van der Waals surface area contributed by atoms with E-state index in [2.05, 4.69) is 11.6 Å². The van der Waals surface area contributed by atoms with E-state index in [0.29, 0.717) is 37.8 Å². The van der Waals surface area contributed by atoms with Crippen LogP contribution in [0.1, 0.15) is 50.0 Å². The van der Waals surface area contributed by atoms with Gasteiger partial charge in [0.25, 0.3) is 0 Å². The highest BCUT2D eigenvalue weighted by atomic mass is 32.2. The van der Waals surface area contributed by atoms with E-state index in [1.165, 1.54) is 6.42 Å². The normalized spacial score (nSPS) is 27.2. The van der Waals surface area contributed by atoms with E-state index < -0.39 is 10.0 Å². The highest BCUT2D eigenvalue weighted by Crippen LogP contribution is 2.47. The molecule has 3 atom stereocenters. The van der Waals surface area contributed by atoms with Gasteiger partial charge in [-0.1, -0.05) is 6.92 Å². The maximum absolute atomic E-state index is 12.4. The standard InChI is InChI=1S/C17H26N2O4S/c1-12-10-15(12)16-7-5-14(23-16)6-8-17(20)19-9-3-4-13(11-19)18-24(2,21)22/h5,7,12-13,15,18H,3-4,6,8-11H2,1-2H3/t12-,13+,15+/m1/s1. The number of rotatable bonds is 6. The number of nitrogens with one attached hydrogen (secondary N) is 1. The van der Waals surface area contributed by atoms with Crippen molar-refractivity contribution in [2.45, 2.75) is 51.0 Å². The first-order valence-electron chi connectivity index (χ1n) is 8.65. The highest BCUT2D eigenvalue weighted by Gasteiger charge is 2.36. The molecule has 0 radical (unpaired) electrons. The Kier molecular flexibility index (Phi) is 5.01. The van der Waals surface area contributed by atoms with E-state index in [0.717, 1.165) is 30.6 Å². The zero-order valence-corrected chi connectivity index (χ0v) is 15.1. The van der Waals surface area contributed by atoms with Crippen LogP contribution in [0.15, 0.2) is 16.5 Å². The fraction of sp³-hybridized carbons (Fsp3) is 0.706. The lowest BCUT2D eigenvalue weighted by molar-refractivity contribution is -0.132. The molecule has 2 heterocycles. The molecule has 1 saturated carbocycles. The second-order valence-electron chi connectivity index (χ2n) is 7.19. The number of carbonyl (C=O) groups is 1. The molecule has 1 aromatic heterocycles. The molecule has 7 heteroatoms. The molecule has 24 heavy (non-hydrogen) atoms. The van der Waals surface area contributed by atoms with Crippen molar-refractivity contribution in [3.05, 3.63) is 23.7 Å². The molecule has 2 fully saturated rings. The number of amides is 1. The number of furan rings is 1. The summed E-state index contributed by atoms with van der Waals surface area (Å²) in [5.41, 5.74) is 0. The summed E-state index contributed by atoms with van der Waals surface area (Å²) in [6.07, 6.45) is 4.94. The summed E-state index contributed by atoms with van der Waals surface area (Å²) in [6, 6.07) is 3.82. The largest absolute Gasteiger partial charge is 0.466 e. The van der Waals surface area contributed by atoms with Crippen LogP contribution >= 0.6 is 0 Å². The Balaban J connectivity index is 1.48. The summed E-state index contributed by atoms with van der Waals surface area (Å²) in [5, 5.41) is 0. The van der Waals surface area contributed by atoms with E-state index in [4.69, 9.17) is 4.42 Å². The molecule has 0 spiro atoms. The first-order chi connectivity index (χ1) is 11.3. The molecule has 2 aliphatic rings. The number of carbonyl (C=O) groups excluding carboxylic acids is 1. The third kappa shape index (κ3) is 4.60. The predicted molar refractivity (Wildman–Crippen MR) is 91.1 cm³/mol. The number of hydrogen-bond acceptors (Lipinski definition) is 4. The molecular weight excluding hydrogens is 328 g/mol. The van der Waals surface area contributed by atoms with Gasteiger partial charge < -0.3 is 9.32 Å². The van der Waals surface area contributed by atoms with Gasteiger partial charge in [-0.2, -0.15) is 0 Å². The Labute approximate surface area is 143 Å². The molecular formula is C17H26N2O4S. The molecule has 0 aromatic carbocycles. The third-order valence-corrected chi connectivity index (χ3v) is 5.66. The number of likely N-dealkylation sites (tertiary alicyclic amines) is 1. The lowest BCUT2D eigenvalue weighted by Gasteiger charge is -2.32. The van der Waals surface area contributed by atoms with Crippen LogP contribution in [0.5, 0.6) is 0 Å². The first kappa shape index (κ1) is 17.5. The van der Waals surface area contributed by atoms with E-state index in [9.17, 15) is 13.2 Å². The summed E-state index contributed by atoms with van der Waals surface area (Å²) < 4.78 is 31.1. The van der Waals surface area contributed by atoms with Crippen LogP contribution in [-0.4, -0.2) is 44.6 Å². The fourth-order valence-electron chi connectivity index (χ4n) is 3.44. The molecule has 1 saturated heterocycles. The smallest absolute Gasteiger partial charge is 0.223 e. The number of aryl methyl sites for hydroxylation is 1. The van der Waals surface area contributed by atoms with Gasteiger partial charge in [-0.15, -0.1) is 0 Å². The van der Waals surface area contributed by atoms with Crippen LogP contribution in [0, 0.1) is 5.92 Å². The van der Waals surface area contributed by atoms with Crippen LogP contribution < -0.4 is 4.72 Å². The second kappa shape index (κ2) is 6.88. The average molecular weight is 354 g/mol. The quantitative estimate of drug-likeness (QED) is 0.846. The Morgan fingerprint density at radius 2 is 2.17 bits per heavy atom. The molecule has 3 rings (SSSR count). The van der Waals surface area contributed by atoms with Gasteiger partial charge in [0.15, 0.2) is 0 Å². The lowest BCUT2D eigenvalue weighted by Crippen LogP contribution is -2.49. The van der Waals surface area contributed by atoms with E-state index in [-0.39, 0.29) is 11.9 Å². The summed E-state index contributed by atoms with van der Waals surface area (Å²) in [4.78, 5) is 14.2. The molecule has 1 amide bonds. The Morgan fingerprint density at radius 3 is 2.83 bits per heavy atom. The number of piperidine rings is 1. The molecule has 1 aliphatic carbocycles. The molecule has 134 valence electrons. The average Bonchev–Trinajstić information content (AvgIpc) is 3.05. The lowest BCUT2D eigenvalue weighted by atomic mass is 10.1. The summed E-state index contributed by atoms with van der Waals surface area (Å²) in [7, 11) is -3.24. The molecule has 1 N–H and O–H groups in total. The number of sulfonamides is 1. The van der Waals surface area contributed by atoms with Crippen LogP contribution in [0.3, 0.4) is 0 Å². The summed E-state index contributed by atoms with van der Waals surface area (Å²) in [6.45, 7) is 3.37. The minimum absolute atomic E-state index is 0.0627. The van der Waals surface area contributed by atoms with Gasteiger partial charge in [0, 0.05) is 37.9 Å². The zero-order valence-electron chi connectivity index (χ0n) is 14.3. The summed E-state index contributed by atoms with van der Waals surface area (Å²) in [5.74, 6) is 3.23. The van der Waals surface area contributed by atoms with E-state index in [1.54, 1.807) is 4.90 Å². The Bertz CT molecular complexity index is 697. The highest BCUT2D eigenvalue weighted by molar-refractivity contribution is 7.88. The maximum atomic E-state index is 12.4. The maximum Gasteiger partial charge on any atom is 0.223 e. The van der Waals surface area contributed by atoms with Gasteiger partial charge >= 0.3 is 0 Å². The zero-order chi connectivity index (χ0) is 17.3. The predicted octanol–water partition coefficient (Wildman–Crippen LogP) is 1.88. The van der Waals surface area contributed by atoms with Gasteiger partial charge in [-0.3, -0.25) is 4.79 Å². The van der Waals surface area contributed by atoms with Crippen LogP contribution in [0.2, 0.25) is 0 Å². The molecule has 1 aliphatic heterocycles. The number of nitrogens with zero attached hydrogens (tertiary/aromatic N) is 1. The van der Waals surface area contributed by atoms with Gasteiger partial charge in [0.1, 0.15) is 11.5 Å². The number of hydrogen-bond donors (Lipinski definition) is 1. The van der Waals surface area contributed by atoms with Gasteiger partial charge in [0.2, 0.25) is 15.9 Å².